The number of nitrogens with one attached hydrogen (secondary N) is 1. The third kappa shape index (κ3) is 4.27. The molecule has 110 valence electrons. The Morgan fingerprint density at radius 3 is 2.57 bits per heavy atom. The van der Waals surface area contributed by atoms with Crippen molar-refractivity contribution in [2.24, 2.45) is 0 Å². The Labute approximate surface area is 125 Å². The summed E-state index contributed by atoms with van der Waals surface area (Å²) >= 11 is 0. The van der Waals surface area contributed by atoms with Crippen LogP contribution in [0.25, 0.3) is 0 Å². The van der Waals surface area contributed by atoms with Crippen molar-refractivity contribution in [3.63, 3.8) is 0 Å². The van der Waals surface area contributed by atoms with Crippen LogP contribution in [0.3, 0.4) is 0 Å². The molecule has 0 radical (unpaired) electrons. The largest absolute Gasteiger partial charge is 0.350 e. The summed E-state index contributed by atoms with van der Waals surface area (Å²) in [7, 11) is 3.71. The van der Waals surface area contributed by atoms with Crippen LogP contribution >= 0.6 is 0 Å². The Balaban J connectivity index is 1.97. The number of carbonyl (C=O) groups is 1. The number of nitrogens with zero attached hydrogens (tertiary/aromatic N) is 3. The maximum atomic E-state index is 12.1. The van der Waals surface area contributed by atoms with Crippen LogP contribution in [0.15, 0.2) is 36.4 Å². The van der Waals surface area contributed by atoms with E-state index in [2.05, 4.69) is 15.3 Å². The molecule has 0 aliphatic carbocycles. The first-order valence-electron chi connectivity index (χ1n) is 6.91. The molecule has 0 bridgehead atoms. The summed E-state index contributed by atoms with van der Waals surface area (Å²) < 4.78 is 0. The number of aryl methyl sites for hydroxylation is 1. The predicted molar refractivity (Wildman–Crippen MR) is 83.6 cm³/mol. The molecule has 1 aromatic heterocycles. The molecule has 0 atom stereocenters. The molecule has 0 spiro atoms. The molecule has 2 aromatic rings. The summed E-state index contributed by atoms with van der Waals surface area (Å²) in [6, 6.07) is 11.8. The highest BCUT2D eigenvalue weighted by atomic mass is 16.1. The lowest BCUT2D eigenvalue weighted by molar-refractivity contribution is 0.0949. The third-order valence-electron chi connectivity index (χ3n) is 3.02. The van der Waals surface area contributed by atoms with Gasteiger partial charge in [-0.05, 0) is 25.0 Å². The van der Waals surface area contributed by atoms with E-state index in [1.54, 1.807) is 11.0 Å². The molecule has 1 amide bonds. The summed E-state index contributed by atoms with van der Waals surface area (Å²) in [5.74, 6) is 0.378. The lowest BCUT2D eigenvalue weighted by Gasteiger charge is -2.12. The van der Waals surface area contributed by atoms with E-state index in [9.17, 15) is 4.79 Å². The van der Waals surface area contributed by atoms with Gasteiger partial charge in [0.25, 0.3) is 5.91 Å². The fourth-order valence-corrected chi connectivity index (χ4v) is 1.92. The lowest BCUT2D eigenvalue weighted by Crippen LogP contribution is -2.27. The van der Waals surface area contributed by atoms with Crippen LogP contribution in [0.4, 0.5) is 5.95 Å². The maximum absolute atomic E-state index is 12.1. The number of rotatable bonds is 5. The molecule has 0 saturated carbocycles. The van der Waals surface area contributed by atoms with Crippen LogP contribution in [0.1, 0.15) is 21.7 Å². The highest BCUT2D eigenvalue weighted by molar-refractivity contribution is 5.92. The molecule has 0 unspecified atom stereocenters. The van der Waals surface area contributed by atoms with Gasteiger partial charge in [-0.25, -0.2) is 9.97 Å². The summed E-state index contributed by atoms with van der Waals surface area (Å²) in [6.07, 6.45) is 0.803. The van der Waals surface area contributed by atoms with Crippen LogP contribution < -0.4 is 10.2 Å². The summed E-state index contributed by atoms with van der Waals surface area (Å²) in [5.41, 5.74) is 2.38. The first-order valence-corrected chi connectivity index (χ1v) is 6.91. The quantitative estimate of drug-likeness (QED) is 0.910. The first-order chi connectivity index (χ1) is 10.1. The fourth-order valence-electron chi connectivity index (χ4n) is 1.92. The number of anilines is 1. The van der Waals surface area contributed by atoms with Crippen LogP contribution in [-0.2, 0) is 6.42 Å². The minimum atomic E-state index is -0.167. The van der Waals surface area contributed by atoms with Gasteiger partial charge in [0.2, 0.25) is 5.95 Å². The molecule has 0 aliphatic rings. The van der Waals surface area contributed by atoms with Gasteiger partial charge in [-0.3, -0.25) is 4.79 Å². The second-order valence-electron chi connectivity index (χ2n) is 5.08. The third-order valence-corrected chi connectivity index (χ3v) is 3.02. The molecule has 0 saturated heterocycles. The van der Waals surface area contributed by atoms with Crippen molar-refractivity contribution < 1.29 is 4.79 Å². The highest BCUT2D eigenvalue weighted by Crippen LogP contribution is 2.07. The second kappa shape index (κ2) is 6.83. The van der Waals surface area contributed by atoms with Crippen LogP contribution in [0.2, 0.25) is 0 Å². The van der Waals surface area contributed by atoms with Gasteiger partial charge in [-0.15, -0.1) is 0 Å². The van der Waals surface area contributed by atoms with Gasteiger partial charge in [0.15, 0.2) is 0 Å². The van der Waals surface area contributed by atoms with Gasteiger partial charge in [-0.1, -0.05) is 30.3 Å². The monoisotopic (exact) mass is 284 g/mol. The molecule has 1 aromatic carbocycles. The van der Waals surface area contributed by atoms with E-state index in [-0.39, 0.29) is 5.91 Å². The fraction of sp³-hybridized carbons (Fsp3) is 0.312. The Morgan fingerprint density at radius 2 is 1.90 bits per heavy atom. The summed E-state index contributed by atoms with van der Waals surface area (Å²) in [6.45, 7) is 2.44. The van der Waals surface area contributed by atoms with Crippen LogP contribution in [-0.4, -0.2) is 36.5 Å². The van der Waals surface area contributed by atoms with Crippen molar-refractivity contribution in [1.29, 1.82) is 0 Å². The SMILES string of the molecule is Cc1cc(C(=O)NCCc2ccccc2)nc(N(C)C)n1. The topological polar surface area (TPSA) is 58.1 Å². The maximum Gasteiger partial charge on any atom is 0.270 e. The summed E-state index contributed by atoms with van der Waals surface area (Å²) in [5, 5.41) is 2.89. The average Bonchev–Trinajstić information content (AvgIpc) is 2.47. The molecule has 21 heavy (non-hydrogen) atoms. The van der Waals surface area contributed by atoms with Gasteiger partial charge in [-0.2, -0.15) is 0 Å². The van der Waals surface area contributed by atoms with Crippen LogP contribution in [0, 0.1) is 6.92 Å². The van der Waals surface area contributed by atoms with E-state index in [0.29, 0.717) is 18.2 Å². The number of hydrogen-bond acceptors (Lipinski definition) is 4. The Bertz CT molecular complexity index is 611. The van der Waals surface area contributed by atoms with Gasteiger partial charge in [0, 0.05) is 26.3 Å². The number of amides is 1. The van der Waals surface area contributed by atoms with Gasteiger partial charge >= 0.3 is 0 Å². The normalized spacial score (nSPS) is 10.2. The Kier molecular flexibility index (Phi) is 4.87. The zero-order chi connectivity index (χ0) is 15.2. The van der Waals surface area contributed by atoms with E-state index < -0.39 is 0 Å². The molecule has 0 aliphatic heterocycles. The van der Waals surface area contributed by atoms with Crippen molar-refractivity contribution in [1.82, 2.24) is 15.3 Å². The van der Waals surface area contributed by atoms with Gasteiger partial charge in [0.05, 0.1) is 0 Å². The minimum Gasteiger partial charge on any atom is -0.350 e. The van der Waals surface area contributed by atoms with Crippen molar-refractivity contribution in [3.8, 4) is 0 Å². The van der Waals surface area contributed by atoms with Gasteiger partial charge in [0.1, 0.15) is 5.69 Å². The number of aromatic nitrogens is 2. The van der Waals surface area contributed by atoms with E-state index in [4.69, 9.17) is 0 Å². The van der Waals surface area contributed by atoms with Gasteiger partial charge < -0.3 is 10.2 Å². The Hall–Kier alpha value is -2.43. The summed E-state index contributed by atoms with van der Waals surface area (Å²) in [4.78, 5) is 22.5. The average molecular weight is 284 g/mol. The van der Waals surface area contributed by atoms with E-state index in [1.807, 2.05) is 51.4 Å². The van der Waals surface area contributed by atoms with Crippen molar-refractivity contribution in [2.75, 3.05) is 25.5 Å². The Morgan fingerprint density at radius 1 is 1.19 bits per heavy atom. The van der Waals surface area contributed by atoms with E-state index in [0.717, 1.165) is 12.1 Å². The zero-order valence-corrected chi connectivity index (χ0v) is 12.6. The molecular formula is C16H20N4O. The van der Waals surface area contributed by atoms with Crippen molar-refractivity contribution in [2.45, 2.75) is 13.3 Å². The van der Waals surface area contributed by atoms with Crippen LogP contribution in [0.5, 0.6) is 0 Å². The smallest absolute Gasteiger partial charge is 0.270 e. The molecule has 5 nitrogen and oxygen atoms in total. The van der Waals surface area contributed by atoms with Crippen molar-refractivity contribution in [3.05, 3.63) is 53.3 Å². The number of benzene rings is 1. The lowest BCUT2D eigenvalue weighted by atomic mass is 10.1. The second-order valence-corrected chi connectivity index (χ2v) is 5.08. The molecule has 5 heteroatoms. The first kappa shape index (κ1) is 15.0. The van der Waals surface area contributed by atoms with E-state index in [1.165, 1.54) is 5.56 Å². The minimum absolute atomic E-state index is 0.167. The standard InChI is InChI=1S/C16H20N4O/c1-12-11-14(19-16(18-12)20(2)3)15(21)17-10-9-13-7-5-4-6-8-13/h4-8,11H,9-10H2,1-3H3,(H,17,21). The molecule has 2 rings (SSSR count). The molecule has 1 heterocycles. The van der Waals surface area contributed by atoms with Crippen molar-refractivity contribution >= 4 is 11.9 Å². The number of hydrogen-bond donors (Lipinski definition) is 1. The zero-order valence-electron chi connectivity index (χ0n) is 12.6. The molecule has 1 N–H and O–H groups in total. The molecular weight excluding hydrogens is 264 g/mol. The highest BCUT2D eigenvalue weighted by Gasteiger charge is 2.11. The van der Waals surface area contributed by atoms with E-state index >= 15 is 0 Å². The molecule has 0 fully saturated rings. The predicted octanol–water partition coefficient (Wildman–Crippen LogP) is 1.82. The number of carbonyl (C=O) groups excluding carboxylic acids is 1.